The number of nitrogens with zero attached hydrogens (tertiary/aromatic N) is 3. The van der Waals surface area contributed by atoms with Crippen molar-refractivity contribution >= 4 is 11.5 Å². The Morgan fingerprint density at radius 3 is 2.86 bits per heavy atom. The second-order valence-electron chi connectivity index (χ2n) is 2.64. The van der Waals surface area contributed by atoms with Gasteiger partial charge in [-0.3, -0.25) is 0 Å². The highest BCUT2D eigenvalue weighted by Crippen LogP contribution is 2.16. The van der Waals surface area contributed by atoms with E-state index >= 15 is 0 Å². The van der Waals surface area contributed by atoms with E-state index in [0.717, 1.165) is 11.3 Å². The molecule has 2 aromatic rings. The first-order valence-corrected chi connectivity index (χ1v) is 4.05. The molecule has 2 heterocycles. The topological polar surface area (TPSA) is 89.9 Å². The van der Waals surface area contributed by atoms with Crippen LogP contribution < -0.4 is 11.1 Å². The van der Waals surface area contributed by atoms with E-state index in [4.69, 9.17) is 10.3 Å². The summed E-state index contributed by atoms with van der Waals surface area (Å²) >= 11 is 0. The van der Waals surface area contributed by atoms with E-state index in [-0.39, 0.29) is 0 Å². The van der Waals surface area contributed by atoms with Crippen LogP contribution in [0.25, 0.3) is 0 Å². The van der Waals surface area contributed by atoms with Crippen LogP contribution in [0.1, 0.15) is 5.56 Å². The van der Waals surface area contributed by atoms with Crippen molar-refractivity contribution in [3.63, 3.8) is 0 Å². The van der Waals surface area contributed by atoms with E-state index in [0.29, 0.717) is 12.4 Å². The fourth-order valence-corrected chi connectivity index (χ4v) is 1.01. The van der Waals surface area contributed by atoms with Gasteiger partial charge in [0.2, 0.25) is 0 Å². The zero-order valence-electron chi connectivity index (χ0n) is 7.34. The van der Waals surface area contributed by atoms with Crippen LogP contribution in [-0.2, 0) is 6.54 Å². The van der Waals surface area contributed by atoms with Gasteiger partial charge in [0.05, 0.1) is 18.1 Å². The van der Waals surface area contributed by atoms with Crippen LogP contribution in [0.4, 0.5) is 11.5 Å². The smallest absolute Gasteiger partial charge is 0.178 e. The van der Waals surface area contributed by atoms with E-state index in [1.807, 2.05) is 0 Å². The van der Waals surface area contributed by atoms with Crippen LogP contribution in [0.5, 0.6) is 0 Å². The number of anilines is 2. The second-order valence-corrected chi connectivity index (χ2v) is 2.64. The Labute approximate surface area is 80.1 Å². The molecule has 6 heteroatoms. The Morgan fingerprint density at radius 1 is 1.36 bits per heavy atom. The molecule has 14 heavy (non-hydrogen) atoms. The number of hydrogen-bond donors (Lipinski definition) is 2. The summed E-state index contributed by atoms with van der Waals surface area (Å²) in [7, 11) is 0. The first-order valence-electron chi connectivity index (χ1n) is 4.05. The molecule has 0 spiro atoms. The summed E-state index contributed by atoms with van der Waals surface area (Å²) in [6, 6.07) is 0. The standard InChI is InChI=1S/C8H9N5O/c9-1-6-4-14-13-8(6)12-7-2-10-5-11-3-7/h2-5H,1,9H2,(H,12,13). The summed E-state index contributed by atoms with van der Waals surface area (Å²) < 4.78 is 4.78. The van der Waals surface area contributed by atoms with E-state index in [1.54, 1.807) is 12.4 Å². The van der Waals surface area contributed by atoms with Crippen molar-refractivity contribution in [2.75, 3.05) is 5.32 Å². The Kier molecular flexibility index (Phi) is 2.37. The molecule has 0 fully saturated rings. The largest absolute Gasteiger partial charge is 0.362 e. The first-order chi connectivity index (χ1) is 6.90. The summed E-state index contributed by atoms with van der Waals surface area (Å²) in [5.74, 6) is 0.599. The molecule has 0 amide bonds. The fraction of sp³-hybridized carbons (Fsp3) is 0.125. The molecule has 2 rings (SSSR count). The lowest BCUT2D eigenvalue weighted by Gasteiger charge is -2.01. The molecule has 2 aromatic heterocycles. The van der Waals surface area contributed by atoms with Gasteiger partial charge in [-0.1, -0.05) is 5.16 Å². The zero-order valence-corrected chi connectivity index (χ0v) is 7.34. The summed E-state index contributed by atoms with van der Waals surface area (Å²) in [6.07, 6.45) is 6.24. The zero-order chi connectivity index (χ0) is 9.80. The predicted molar refractivity (Wildman–Crippen MR) is 49.7 cm³/mol. The van der Waals surface area contributed by atoms with Crippen molar-refractivity contribution in [3.05, 3.63) is 30.5 Å². The third kappa shape index (κ3) is 1.69. The van der Waals surface area contributed by atoms with Crippen LogP contribution in [0.3, 0.4) is 0 Å². The Bertz CT molecular complexity index is 399. The van der Waals surface area contributed by atoms with Gasteiger partial charge in [0.15, 0.2) is 5.82 Å². The van der Waals surface area contributed by atoms with Crippen molar-refractivity contribution in [1.82, 2.24) is 15.1 Å². The lowest BCUT2D eigenvalue weighted by molar-refractivity contribution is 0.422. The van der Waals surface area contributed by atoms with E-state index in [9.17, 15) is 0 Å². The summed E-state index contributed by atoms with van der Waals surface area (Å²) in [4.78, 5) is 7.71. The van der Waals surface area contributed by atoms with E-state index in [2.05, 4.69) is 20.4 Å². The van der Waals surface area contributed by atoms with Gasteiger partial charge in [-0.2, -0.15) is 0 Å². The molecule has 0 bridgehead atoms. The van der Waals surface area contributed by atoms with Gasteiger partial charge in [0, 0.05) is 12.1 Å². The minimum absolute atomic E-state index is 0.375. The Balaban J connectivity index is 2.19. The molecule has 0 radical (unpaired) electrons. The van der Waals surface area contributed by atoms with Crippen LogP contribution in [0.15, 0.2) is 29.5 Å². The van der Waals surface area contributed by atoms with Gasteiger partial charge in [-0.05, 0) is 0 Å². The van der Waals surface area contributed by atoms with Gasteiger partial charge in [-0.15, -0.1) is 0 Å². The van der Waals surface area contributed by atoms with Crippen molar-refractivity contribution in [1.29, 1.82) is 0 Å². The highest BCUT2D eigenvalue weighted by molar-refractivity contribution is 5.56. The lowest BCUT2D eigenvalue weighted by Crippen LogP contribution is -2.00. The Morgan fingerprint density at radius 2 is 2.14 bits per heavy atom. The normalized spacial score (nSPS) is 10.1. The van der Waals surface area contributed by atoms with Gasteiger partial charge < -0.3 is 15.6 Å². The maximum Gasteiger partial charge on any atom is 0.178 e. The number of aromatic nitrogens is 3. The number of nitrogens with two attached hydrogens (primary N) is 1. The molecule has 6 nitrogen and oxygen atoms in total. The Hall–Kier alpha value is -1.95. The molecule has 0 unspecified atom stereocenters. The number of hydrogen-bond acceptors (Lipinski definition) is 6. The third-order valence-electron chi connectivity index (χ3n) is 1.69. The molecule has 0 aromatic carbocycles. The average Bonchev–Trinajstić information content (AvgIpc) is 2.67. The second kappa shape index (κ2) is 3.84. The quantitative estimate of drug-likeness (QED) is 0.740. The van der Waals surface area contributed by atoms with E-state index < -0.39 is 0 Å². The predicted octanol–water partition coefficient (Wildman–Crippen LogP) is 0.667. The molecule has 72 valence electrons. The summed E-state index contributed by atoms with van der Waals surface area (Å²) in [5.41, 5.74) is 7.04. The number of rotatable bonds is 3. The molecule has 0 atom stereocenters. The highest BCUT2D eigenvalue weighted by Gasteiger charge is 2.05. The molecule has 0 aliphatic heterocycles. The van der Waals surface area contributed by atoms with Crippen LogP contribution in [0.2, 0.25) is 0 Å². The van der Waals surface area contributed by atoms with Crippen molar-refractivity contribution in [2.24, 2.45) is 5.73 Å². The van der Waals surface area contributed by atoms with Gasteiger partial charge in [0.1, 0.15) is 12.6 Å². The summed E-state index contributed by atoms with van der Waals surface area (Å²) in [5, 5.41) is 6.75. The summed E-state index contributed by atoms with van der Waals surface area (Å²) in [6.45, 7) is 0.375. The minimum atomic E-state index is 0.375. The third-order valence-corrected chi connectivity index (χ3v) is 1.69. The van der Waals surface area contributed by atoms with Crippen LogP contribution in [0, 0.1) is 0 Å². The van der Waals surface area contributed by atoms with Gasteiger partial charge in [0.25, 0.3) is 0 Å². The molecular formula is C8H9N5O. The maximum absolute atomic E-state index is 5.48. The average molecular weight is 191 g/mol. The highest BCUT2D eigenvalue weighted by atomic mass is 16.5. The molecule has 0 aliphatic carbocycles. The van der Waals surface area contributed by atoms with Crippen LogP contribution >= 0.6 is 0 Å². The van der Waals surface area contributed by atoms with E-state index in [1.165, 1.54) is 12.6 Å². The number of nitrogens with one attached hydrogen (secondary N) is 1. The van der Waals surface area contributed by atoms with Crippen molar-refractivity contribution in [3.8, 4) is 0 Å². The maximum atomic E-state index is 5.48. The molecule has 3 N–H and O–H groups in total. The minimum Gasteiger partial charge on any atom is -0.362 e. The molecule has 0 saturated carbocycles. The van der Waals surface area contributed by atoms with Crippen molar-refractivity contribution in [2.45, 2.75) is 6.54 Å². The molecule has 0 aliphatic rings. The van der Waals surface area contributed by atoms with Gasteiger partial charge in [-0.25, -0.2) is 9.97 Å². The van der Waals surface area contributed by atoms with Crippen LogP contribution in [-0.4, -0.2) is 15.1 Å². The van der Waals surface area contributed by atoms with Crippen molar-refractivity contribution < 1.29 is 4.52 Å². The monoisotopic (exact) mass is 191 g/mol. The SMILES string of the molecule is NCc1conc1Nc1cncnc1. The lowest BCUT2D eigenvalue weighted by atomic mass is 10.3. The molecule has 0 saturated heterocycles. The first kappa shape index (κ1) is 8.64. The molecular weight excluding hydrogens is 182 g/mol. The van der Waals surface area contributed by atoms with Gasteiger partial charge >= 0.3 is 0 Å². The fourth-order valence-electron chi connectivity index (χ4n) is 1.01.